The Hall–Kier alpha value is -1.62. The quantitative estimate of drug-likeness (QED) is 0.637. The molecule has 132 valence electrons. The third-order valence-corrected chi connectivity index (χ3v) is 6.40. The zero-order chi connectivity index (χ0) is 17.4. The van der Waals surface area contributed by atoms with Crippen LogP contribution < -0.4 is 0 Å². The van der Waals surface area contributed by atoms with E-state index < -0.39 is 0 Å². The largest absolute Gasteiger partial charge is 0.379 e. The van der Waals surface area contributed by atoms with Gasteiger partial charge in [0.25, 0.3) is 0 Å². The van der Waals surface area contributed by atoms with E-state index in [1.807, 2.05) is 7.05 Å². The molecule has 0 aliphatic carbocycles. The van der Waals surface area contributed by atoms with Gasteiger partial charge in [0.05, 0.1) is 19.8 Å². The first-order valence-corrected chi connectivity index (χ1v) is 9.72. The molecule has 1 aliphatic rings. The number of fused-ring (bicyclic) bond motifs is 1. The Balaban J connectivity index is 1.73. The van der Waals surface area contributed by atoms with Crippen molar-refractivity contribution in [3.8, 4) is 0 Å². The Morgan fingerprint density at radius 2 is 2.00 bits per heavy atom. The second kappa shape index (κ2) is 6.94. The summed E-state index contributed by atoms with van der Waals surface area (Å²) in [5.41, 5.74) is 1.23. The van der Waals surface area contributed by atoms with E-state index in [2.05, 4.69) is 34.3 Å². The summed E-state index contributed by atoms with van der Waals surface area (Å²) in [7, 11) is 1.83. The van der Waals surface area contributed by atoms with E-state index in [0.717, 1.165) is 59.1 Å². The van der Waals surface area contributed by atoms with Crippen molar-refractivity contribution >= 4 is 33.3 Å². The lowest BCUT2D eigenvalue weighted by atomic mass is 10.2. The van der Waals surface area contributed by atoms with Crippen LogP contribution in [0.5, 0.6) is 0 Å². The van der Waals surface area contributed by atoms with Crippen LogP contribution in [-0.2, 0) is 18.3 Å². The number of ether oxygens (including phenoxy) is 1. The normalized spacial score (nSPS) is 16.0. The molecule has 1 fully saturated rings. The highest BCUT2D eigenvalue weighted by Crippen LogP contribution is 2.37. The molecule has 0 amide bonds. The SMILES string of the molecule is Cc1sc2nc(CN3CCOCC3)nc(Sc3nnnn3C)c2c1C. The van der Waals surface area contributed by atoms with E-state index >= 15 is 0 Å². The number of hydrogen-bond acceptors (Lipinski definition) is 9. The fourth-order valence-corrected chi connectivity index (χ4v) is 4.79. The van der Waals surface area contributed by atoms with Gasteiger partial charge in [-0.1, -0.05) is 0 Å². The van der Waals surface area contributed by atoms with Gasteiger partial charge in [-0.05, 0) is 41.6 Å². The standard InChI is InChI=1S/C15H19N7OS2/c1-9-10(2)24-13-12(9)14(25-15-18-19-20-21(15)3)17-11(16-13)8-22-4-6-23-7-5-22/h4-8H2,1-3H3. The van der Waals surface area contributed by atoms with Gasteiger partial charge in [0.15, 0.2) is 0 Å². The molecule has 0 atom stereocenters. The minimum absolute atomic E-state index is 0.723. The van der Waals surface area contributed by atoms with Crippen molar-refractivity contribution in [2.24, 2.45) is 7.05 Å². The molecule has 0 spiro atoms. The van der Waals surface area contributed by atoms with Crippen molar-refractivity contribution in [3.63, 3.8) is 0 Å². The first-order chi connectivity index (χ1) is 12.1. The lowest BCUT2D eigenvalue weighted by molar-refractivity contribution is 0.0330. The average molecular weight is 377 g/mol. The maximum Gasteiger partial charge on any atom is 0.215 e. The molecule has 0 unspecified atom stereocenters. The lowest BCUT2D eigenvalue weighted by Crippen LogP contribution is -2.36. The Morgan fingerprint density at radius 3 is 2.72 bits per heavy atom. The summed E-state index contributed by atoms with van der Waals surface area (Å²) in [4.78, 5) is 14.3. The maximum atomic E-state index is 5.42. The van der Waals surface area contributed by atoms with Crippen molar-refractivity contribution in [2.75, 3.05) is 26.3 Å². The minimum Gasteiger partial charge on any atom is -0.379 e. The first kappa shape index (κ1) is 16.8. The van der Waals surface area contributed by atoms with Gasteiger partial charge in [0.1, 0.15) is 15.7 Å². The van der Waals surface area contributed by atoms with Crippen LogP contribution >= 0.6 is 23.1 Å². The summed E-state index contributed by atoms with van der Waals surface area (Å²) in [5, 5.41) is 14.5. The molecule has 1 saturated heterocycles. The second-order valence-corrected chi connectivity index (χ2v) is 8.14. The monoisotopic (exact) mass is 377 g/mol. The summed E-state index contributed by atoms with van der Waals surface area (Å²) in [6.07, 6.45) is 0. The molecular weight excluding hydrogens is 358 g/mol. The van der Waals surface area contributed by atoms with E-state index in [9.17, 15) is 0 Å². The summed E-state index contributed by atoms with van der Waals surface area (Å²) >= 11 is 3.21. The van der Waals surface area contributed by atoms with Gasteiger partial charge >= 0.3 is 0 Å². The van der Waals surface area contributed by atoms with Crippen LogP contribution in [-0.4, -0.2) is 61.4 Å². The molecule has 8 nitrogen and oxygen atoms in total. The van der Waals surface area contributed by atoms with Gasteiger partial charge in [-0.15, -0.1) is 16.4 Å². The van der Waals surface area contributed by atoms with Gasteiger partial charge < -0.3 is 4.74 Å². The number of rotatable bonds is 4. The topological polar surface area (TPSA) is 81.8 Å². The molecule has 0 N–H and O–H groups in total. The summed E-state index contributed by atoms with van der Waals surface area (Å²) in [6.45, 7) is 8.36. The number of tetrazole rings is 1. The smallest absolute Gasteiger partial charge is 0.215 e. The predicted molar refractivity (Wildman–Crippen MR) is 95.9 cm³/mol. The molecular formula is C15H19N7OS2. The van der Waals surface area contributed by atoms with Crippen LogP contribution in [0.3, 0.4) is 0 Å². The van der Waals surface area contributed by atoms with Crippen molar-refractivity contribution in [1.29, 1.82) is 0 Å². The summed E-state index contributed by atoms with van der Waals surface area (Å²) in [5.74, 6) is 0.841. The van der Waals surface area contributed by atoms with Gasteiger partial charge in [-0.25, -0.2) is 14.6 Å². The van der Waals surface area contributed by atoms with E-state index in [1.165, 1.54) is 22.2 Å². The van der Waals surface area contributed by atoms with Crippen LogP contribution in [0.15, 0.2) is 10.2 Å². The van der Waals surface area contributed by atoms with E-state index in [1.54, 1.807) is 16.0 Å². The van der Waals surface area contributed by atoms with E-state index in [4.69, 9.17) is 14.7 Å². The van der Waals surface area contributed by atoms with E-state index in [-0.39, 0.29) is 0 Å². The number of hydrogen-bond donors (Lipinski definition) is 0. The van der Waals surface area contributed by atoms with Crippen LogP contribution in [0, 0.1) is 13.8 Å². The Bertz CT molecular complexity index is 901. The maximum absolute atomic E-state index is 5.42. The molecule has 0 bridgehead atoms. The number of morpholine rings is 1. The van der Waals surface area contributed by atoms with Crippen LogP contribution in [0.25, 0.3) is 10.2 Å². The Labute approximate surface area is 153 Å². The van der Waals surface area contributed by atoms with Crippen molar-refractivity contribution in [1.82, 2.24) is 35.1 Å². The third-order valence-electron chi connectivity index (χ3n) is 4.28. The average Bonchev–Trinajstić information content (AvgIpc) is 3.12. The zero-order valence-corrected chi connectivity index (χ0v) is 16.0. The highest BCUT2D eigenvalue weighted by atomic mass is 32.2. The van der Waals surface area contributed by atoms with Crippen LogP contribution in [0.4, 0.5) is 0 Å². The van der Waals surface area contributed by atoms with E-state index in [0.29, 0.717) is 0 Å². The fourth-order valence-electron chi connectivity index (χ4n) is 2.75. The molecule has 4 heterocycles. The van der Waals surface area contributed by atoms with Crippen molar-refractivity contribution in [2.45, 2.75) is 30.6 Å². The minimum atomic E-state index is 0.723. The molecule has 0 aromatic carbocycles. The van der Waals surface area contributed by atoms with Gasteiger partial charge in [-0.3, -0.25) is 4.90 Å². The number of aryl methyl sites for hydroxylation is 3. The van der Waals surface area contributed by atoms with Crippen LogP contribution in [0.2, 0.25) is 0 Å². The van der Waals surface area contributed by atoms with Gasteiger partial charge in [0.2, 0.25) is 5.16 Å². The Morgan fingerprint density at radius 1 is 1.20 bits per heavy atom. The summed E-state index contributed by atoms with van der Waals surface area (Å²) in [6, 6.07) is 0. The molecule has 1 aliphatic heterocycles. The first-order valence-electron chi connectivity index (χ1n) is 8.08. The molecule has 4 rings (SSSR count). The Kier molecular flexibility index (Phi) is 4.67. The molecule has 10 heteroatoms. The van der Waals surface area contributed by atoms with Crippen molar-refractivity contribution < 1.29 is 4.74 Å². The second-order valence-electron chi connectivity index (χ2n) is 5.98. The number of nitrogens with zero attached hydrogens (tertiary/aromatic N) is 7. The highest BCUT2D eigenvalue weighted by molar-refractivity contribution is 7.99. The molecule has 3 aromatic rings. The molecule has 3 aromatic heterocycles. The van der Waals surface area contributed by atoms with Crippen LogP contribution in [0.1, 0.15) is 16.3 Å². The van der Waals surface area contributed by atoms with Crippen molar-refractivity contribution in [3.05, 3.63) is 16.3 Å². The highest BCUT2D eigenvalue weighted by Gasteiger charge is 2.19. The lowest BCUT2D eigenvalue weighted by Gasteiger charge is -2.25. The third kappa shape index (κ3) is 3.39. The summed E-state index contributed by atoms with van der Waals surface area (Å²) < 4.78 is 7.09. The van der Waals surface area contributed by atoms with Gasteiger partial charge in [-0.2, -0.15) is 0 Å². The molecule has 0 radical (unpaired) electrons. The zero-order valence-electron chi connectivity index (χ0n) is 14.4. The number of thiophene rings is 1. The molecule has 0 saturated carbocycles. The fraction of sp³-hybridized carbons (Fsp3) is 0.533. The predicted octanol–water partition coefficient (Wildman–Crippen LogP) is 1.82. The number of aromatic nitrogens is 6. The molecule has 25 heavy (non-hydrogen) atoms. The van der Waals surface area contributed by atoms with Gasteiger partial charge in [0, 0.05) is 30.4 Å².